The molecule has 0 unspecified atom stereocenters. The number of aliphatic hydroxyl groups is 1. The minimum absolute atomic E-state index is 0.0997. The third-order valence-corrected chi connectivity index (χ3v) is 2.26. The zero-order valence-electron chi connectivity index (χ0n) is 7.40. The molecule has 13 heavy (non-hydrogen) atoms. The number of oxazole rings is 1. The van der Waals surface area contributed by atoms with Crippen LogP contribution in [0.3, 0.4) is 0 Å². The third kappa shape index (κ3) is 2.01. The van der Waals surface area contributed by atoms with Crippen LogP contribution in [-0.4, -0.2) is 16.2 Å². The van der Waals surface area contributed by atoms with Crippen LogP contribution in [0.2, 0.25) is 0 Å². The summed E-state index contributed by atoms with van der Waals surface area (Å²) in [6.45, 7) is -0.0997. The molecule has 1 saturated carbocycles. The number of hydrogen-bond acceptors (Lipinski definition) is 4. The van der Waals surface area contributed by atoms with Crippen molar-refractivity contribution in [2.24, 2.45) is 0 Å². The molecule has 0 amide bonds. The molecule has 0 atom stereocenters. The minimum atomic E-state index is -0.0997. The van der Waals surface area contributed by atoms with Gasteiger partial charge in [0.15, 0.2) is 0 Å². The highest BCUT2D eigenvalue weighted by atomic mass is 16.6. The smallest absolute Gasteiger partial charge is 0.394 e. The molecule has 1 N–H and O–H groups in total. The normalized spacial score (nSPS) is 17.9. The van der Waals surface area contributed by atoms with Gasteiger partial charge in [0.05, 0.1) is 6.61 Å². The van der Waals surface area contributed by atoms with Gasteiger partial charge in [-0.1, -0.05) is 0 Å². The number of aliphatic hydroxyl groups excluding tert-OH is 1. The SMILES string of the molecule is OCc1coc(OC2CCCC2)n1. The number of nitrogens with zero attached hydrogens (tertiary/aromatic N) is 1. The van der Waals surface area contributed by atoms with Crippen LogP contribution in [0.1, 0.15) is 31.4 Å². The van der Waals surface area contributed by atoms with E-state index < -0.39 is 0 Å². The molecule has 0 aromatic carbocycles. The van der Waals surface area contributed by atoms with E-state index in [9.17, 15) is 0 Å². The molecule has 1 aromatic heterocycles. The van der Waals surface area contributed by atoms with Gasteiger partial charge in [0.25, 0.3) is 0 Å². The fourth-order valence-corrected chi connectivity index (χ4v) is 1.56. The van der Waals surface area contributed by atoms with Gasteiger partial charge in [-0.15, -0.1) is 0 Å². The zero-order chi connectivity index (χ0) is 9.10. The average molecular weight is 183 g/mol. The van der Waals surface area contributed by atoms with Crippen molar-refractivity contribution in [1.29, 1.82) is 0 Å². The van der Waals surface area contributed by atoms with Crippen molar-refractivity contribution >= 4 is 0 Å². The van der Waals surface area contributed by atoms with Gasteiger partial charge in [-0.2, -0.15) is 4.98 Å². The first-order valence-electron chi connectivity index (χ1n) is 4.60. The van der Waals surface area contributed by atoms with Gasteiger partial charge in [0, 0.05) is 0 Å². The number of aromatic nitrogens is 1. The van der Waals surface area contributed by atoms with E-state index in [0.29, 0.717) is 5.69 Å². The Morgan fingerprint density at radius 3 is 2.92 bits per heavy atom. The van der Waals surface area contributed by atoms with Crippen molar-refractivity contribution in [2.75, 3.05) is 0 Å². The second-order valence-corrected chi connectivity index (χ2v) is 3.29. The standard InChI is InChI=1S/C9H13NO3/c11-5-7-6-12-9(10-7)13-8-3-1-2-4-8/h6,8,11H,1-5H2. The number of ether oxygens (including phenoxy) is 1. The molecular weight excluding hydrogens is 170 g/mol. The minimum Gasteiger partial charge on any atom is -0.447 e. The Morgan fingerprint density at radius 1 is 1.54 bits per heavy atom. The number of rotatable bonds is 3. The highest BCUT2D eigenvalue weighted by Gasteiger charge is 2.18. The average Bonchev–Trinajstić information content (AvgIpc) is 2.76. The van der Waals surface area contributed by atoms with E-state index in [4.69, 9.17) is 14.3 Å². The molecular formula is C9H13NO3. The fraction of sp³-hybridized carbons (Fsp3) is 0.667. The Morgan fingerprint density at radius 2 is 2.31 bits per heavy atom. The topological polar surface area (TPSA) is 55.5 Å². The Labute approximate surface area is 76.5 Å². The Hall–Kier alpha value is -1.03. The summed E-state index contributed by atoms with van der Waals surface area (Å²) in [6.07, 6.45) is 6.56. The summed E-state index contributed by atoms with van der Waals surface area (Å²) in [7, 11) is 0. The predicted octanol–water partition coefficient (Wildman–Crippen LogP) is 1.49. The molecule has 0 radical (unpaired) electrons. The summed E-state index contributed by atoms with van der Waals surface area (Å²) in [5.74, 6) is 0. The molecule has 1 heterocycles. The quantitative estimate of drug-likeness (QED) is 0.771. The van der Waals surface area contributed by atoms with Crippen molar-refractivity contribution in [3.63, 3.8) is 0 Å². The molecule has 0 spiro atoms. The summed E-state index contributed by atoms with van der Waals surface area (Å²) in [5.41, 5.74) is 0.521. The van der Waals surface area contributed by atoms with Crippen LogP contribution in [0.15, 0.2) is 10.7 Å². The Bertz CT molecular complexity index is 266. The first-order chi connectivity index (χ1) is 6.38. The van der Waals surface area contributed by atoms with Gasteiger partial charge in [-0.25, -0.2) is 0 Å². The van der Waals surface area contributed by atoms with Crippen LogP contribution < -0.4 is 4.74 Å². The molecule has 2 rings (SSSR count). The van der Waals surface area contributed by atoms with Crippen LogP contribution >= 0.6 is 0 Å². The van der Waals surface area contributed by atoms with Crippen molar-refractivity contribution in [3.8, 4) is 6.08 Å². The second-order valence-electron chi connectivity index (χ2n) is 3.29. The Balaban J connectivity index is 1.92. The van der Waals surface area contributed by atoms with Crippen LogP contribution in [0.5, 0.6) is 6.08 Å². The highest BCUT2D eigenvalue weighted by molar-refractivity contribution is 4.98. The molecule has 72 valence electrons. The van der Waals surface area contributed by atoms with Gasteiger partial charge >= 0.3 is 6.08 Å². The van der Waals surface area contributed by atoms with E-state index in [1.54, 1.807) is 0 Å². The van der Waals surface area contributed by atoms with Crippen LogP contribution in [0, 0.1) is 0 Å². The molecule has 0 aliphatic heterocycles. The maximum atomic E-state index is 8.73. The van der Waals surface area contributed by atoms with Crippen LogP contribution in [0.4, 0.5) is 0 Å². The molecule has 1 aliphatic rings. The highest BCUT2D eigenvalue weighted by Crippen LogP contribution is 2.23. The predicted molar refractivity (Wildman–Crippen MR) is 45.3 cm³/mol. The fourth-order valence-electron chi connectivity index (χ4n) is 1.56. The van der Waals surface area contributed by atoms with E-state index in [-0.39, 0.29) is 18.8 Å². The molecule has 1 fully saturated rings. The lowest BCUT2D eigenvalue weighted by atomic mass is 10.3. The van der Waals surface area contributed by atoms with Crippen LogP contribution in [-0.2, 0) is 6.61 Å². The molecule has 1 aromatic rings. The largest absolute Gasteiger partial charge is 0.447 e. The van der Waals surface area contributed by atoms with Crippen molar-refractivity contribution in [3.05, 3.63) is 12.0 Å². The third-order valence-electron chi connectivity index (χ3n) is 2.26. The molecule has 4 heteroatoms. The van der Waals surface area contributed by atoms with E-state index in [1.165, 1.54) is 19.1 Å². The first-order valence-corrected chi connectivity index (χ1v) is 4.60. The lowest BCUT2D eigenvalue weighted by Gasteiger charge is -2.07. The van der Waals surface area contributed by atoms with Gasteiger partial charge < -0.3 is 14.3 Å². The molecule has 4 nitrogen and oxygen atoms in total. The molecule has 1 aliphatic carbocycles. The second kappa shape index (κ2) is 3.79. The summed E-state index contributed by atoms with van der Waals surface area (Å²) in [5, 5.41) is 8.73. The molecule has 0 bridgehead atoms. The summed E-state index contributed by atoms with van der Waals surface area (Å²) >= 11 is 0. The van der Waals surface area contributed by atoms with Crippen molar-refractivity contribution in [2.45, 2.75) is 38.4 Å². The molecule has 0 saturated heterocycles. The monoisotopic (exact) mass is 183 g/mol. The van der Waals surface area contributed by atoms with E-state index in [0.717, 1.165) is 12.8 Å². The lowest BCUT2D eigenvalue weighted by molar-refractivity contribution is 0.152. The van der Waals surface area contributed by atoms with Crippen LogP contribution in [0.25, 0.3) is 0 Å². The van der Waals surface area contributed by atoms with Gasteiger partial charge in [-0.3, -0.25) is 0 Å². The summed E-state index contributed by atoms with van der Waals surface area (Å²) < 4.78 is 10.5. The van der Waals surface area contributed by atoms with Crippen molar-refractivity contribution in [1.82, 2.24) is 4.98 Å². The first kappa shape index (κ1) is 8.56. The maximum Gasteiger partial charge on any atom is 0.394 e. The summed E-state index contributed by atoms with van der Waals surface area (Å²) in [4.78, 5) is 3.95. The van der Waals surface area contributed by atoms with E-state index >= 15 is 0 Å². The van der Waals surface area contributed by atoms with E-state index in [2.05, 4.69) is 4.98 Å². The maximum absolute atomic E-state index is 8.73. The summed E-state index contributed by atoms with van der Waals surface area (Å²) in [6, 6.07) is 0. The van der Waals surface area contributed by atoms with E-state index in [1.807, 2.05) is 0 Å². The van der Waals surface area contributed by atoms with Gasteiger partial charge in [-0.05, 0) is 25.7 Å². The Kier molecular flexibility index (Phi) is 2.49. The van der Waals surface area contributed by atoms with Gasteiger partial charge in [0.2, 0.25) is 0 Å². The number of hydrogen-bond donors (Lipinski definition) is 1. The van der Waals surface area contributed by atoms with Gasteiger partial charge in [0.1, 0.15) is 18.1 Å². The van der Waals surface area contributed by atoms with Crippen molar-refractivity contribution < 1.29 is 14.3 Å². The zero-order valence-corrected chi connectivity index (χ0v) is 7.40. The lowest BCUT2D eigenvalue weighted by Crippen LogP contribution is -2.10.